The molecule has 1 aliphatic carbocycles. The van der Waals surface area contributed by atoms with Gasteiger partial charge in [0.05, 0.1) is 11.6 Å². The Morgan fingerprint density at radius 1 is 1.65 bits per heavy atom. The lowest BCUT2D eigenvalue weighted by molar-refractivity contribution is -0.146. The Labute approximate surface area is 118 Å². The first-order valence-corrected chi connectivity index (χ1v) is 7.07. The van der Waals surface area contributed by atoms with Gasteiger partial charge in [-0.2, -0.15) is 0 Å². The van der Waals surface area contributed by atoms with E-state index in [0.717, 1.165) is 6.42 Å². The van der Waals surface area contributed by atoms with Gasteiger partial charge in [-0.3, -0.25) is 9.78 Å². The Hall–Kier alpha value is -1.49. The molecule has 0 aliphatic heterocycles. The molecule has 0 amide bonds. The number of hydrogen-bond acceptors (Lipinski definition) is 4. The summed E-state index contributed by atoms with van der Waals surface area (Å²) in [5.74, 6) is -0.763. The van der Waals surface area contributed by atoms with E-state index in [0.29, 0.717) is 18.0 Å². The van der Waals surface area contributed by atoms with Gasteiger partial charge in [-0.1, -0.05) is 20.3 Å². The number of nitrogens with two attached hydrogens (primary N) is 1. The molecule has 0 unspecified atom stereocenters. The number of esters is 1. The van der Waals surface area contributed by atoms with Crippen molar-refractivity contribution in [1.29, 1.82) is 0 Å². The van der Waals surface area contributed by atoms with Crippen molar-refractivity contribution in [1.82, 2.24) is 4.98 Å². The largest absolute Gasteiger partial charge is 0.464 e. The van der Waals surface area contributed by atoms with Crippen LogP contribution in [0.15, 0.2) is 18.3 Å². The van der Waals surface area contributed by atoms with Crippen LogP contribution in [0.3, 0.4) is 0 Å². The Balaban J connectivity index is 1.83. The lowest BCUT2D eigenvalue weighted by atomic mass is 10.0. The number of halogens is 1. The van der Waals surface area contributed by atoms with Crippen LogP contribution in [-0.4, -0.2) is 23.6 Å². The Kier molecular flexibility index (Phi) is 4.70. The fourth-order valence-electron chi connectivity index (χ4n) is 2.18. The van der Waals surface area contributed by atoms with Crippen molar-refractivity contribution in [2.75, 3.05) is 6.61 Å². The fraction of sp³-hybridized carbons (Fsp3) is 0.600. The molecule has 4 atom stereocenters. The first kappa shape index (κ1) is 14.9. The van der Waals surface area contributed by atoms with Gasteiger partial charge in [0.15, 0.2) is 0 Å². The van der Waals surface area contributed by atoms with Crippen LogP contribution in [0.25, 0.3) is 0 Å². The zero-order chi connectivity index (χ0) is 14.7. The van der Waals surface area contributed by atoms with Crippen LogP contribution >= 0.6 is 0 Å². The molecule has 5 heteroatoms. The smallest absolute Gasteiger partial charge is 0.309 e. The molecule has 110 valence electrons. The van der Waals surface area contributed by atoms with Crippen LogP contribution in [0.2, 0.25) is 0 Å². The summed E-state index contributed by atoms with van der Waals surface area (Å²) in [5, 5.41) is 0. The second-order valence-corrected chi connectivity index (χ2v) is 5.50. The van der Waals surface area contributed by atoms with E-state index >= 15 is 0 Å². The highest BCUT2D eigenvalue weighted by Gasteiger charge is 2.47. The molecule has 1 fully saturated rings. The van der Waals surface area contributed by atoms with Crippen LogP contribution in [0, 0.1) is 17.7 Å². The van der Waals surface area contributed by atoms with Gasteiger partial charge in [-0.15, -0.1) is 0 Å². The summed E-state index contributed by atoms with van der Waals surface area (Å²) in [7, 11) is 0. The topological polar surface area (TPSA) is 65.2 Å². The molecule has 1 saturated carbocycles. The molecule has 2 N–H and O–H groups in total. The van der Waals surface area contributed by atoms with E-state index in [1.807, 2.05) is 13.8 Å². The predicted octanol–water partition coefficient (Wildman–Crippen LogP) is 2.24. The minimum atomic E-state index is -0.357. The van der Waals surface area contributed by atoms with E-state index in [1.54, 1.807) is 6.07 Å². The molecule has 1 aromatic rings. The summed E-state index contributed by atoms with van der Waals surface area (Å²) in [6.07, 6.45) is 3.09. The summed E-state index contributed by atoms with van der Waals surface area (Å²) >= 11 is 0. The highest BCUT2D eigenvalue weighted by atomic mass is 19.1. The molecule has 1 heterocycles. The van der Waals surface area contributed by atoms with Gasteiger partial charge < -0.3 is 10.5 Å². The Morgan fingerprint density at radius 2 is 2.40 bits per heavy atom. The van der Waals surface area contributed by atoms with Crippen molar-refractivity contribution in [2.45, 2.75) is 38.6 Å². The second-order valence-electron chi connectivity index (χ2n) is 5.50. The zero-order valence-electron chi connectivity index (χ0n) is 11.9. The normalized spacial score (nSPS) is 24.0. The van der Waals surface area contributed by atoms with Crippen molar-refractivity contribution in [2.24, 2.45) is 17.6 Å². The van der Waals surface area contributed by atoms with Crippen LogP contribution in [-0.2, 0) is 9.53 Å². The maximum absolute atomic E-state index is 13.5. The predicted molar refractivity (Wildman–Crippen MR) is 73.4 cm³/mol. The third-order valence-electron chi connectivity index (χ3n) is 4.02. The molecule has 0 bridgehead atoms. The maximum Gasteiger partial charge on any atom is 0.309 e. The van der Waals surface area contributed by atoms with E-state index in [1.165, 1.54) is 12.3 Å². The van der Waals surface area contributed by atoms with Crippen LogP contribution in [0.5, 0.6) is 0 Å². The quantitative estimate of drug-likeness (QED) is 0.812. The minimum absolute atomic E-state index is 0.146. The van der Waals surface area contributed by atoms with E-state index in [-0.39, 0.29) is 36.3 Å². The zero-order valence-corrected chi connectivity index (χ0v) is 11.9. The molecule has 4 nitrogen and oxygen atoms in total. The van der Waals surface area contributed by atoms with Crippen molar-refractivity contribution in [3.8, 4) is 0 Å². The van der Waals surface area contributed by atoms with Crippen LogP contribution in [0.1, 0.15) is 38.3 Å². The van der Waals surface area contributed by atoms with Gasteiger partial charge in [-0.05, 0) is 24.5 Å². The number of pyridine rings is 1. The number of ether oxygens (including phenoxy) is 1. The molecule has 0 aromatic carbocycles. The average Bonchev–Trinajstić information content (AvgIpc) is 3.24. The van der Waals surface area contributed by atoms with Gasteiger partial charge in [-0.25, -0.2) is 4.39 Å². The number of aromatic nitrogens is 1. The summed E-state index contributed by atoms with van der Waals surface area (Å²) in [6, 6.07) is 2.76. The minimum Gasteiger partial charge on any atom is -0.464 e. The highest BCUT2D eigenvalue weighted by molar-refractivity contribution is 5.77. The molecular weight excluding hydrogens is 259 g/mol. The standard InChI is InChI=1S/C15H21FN2O2/c1-3-9(2)13(17)8-20-15(19)11-7-10(11)14-12(16)5-4-6-18-14/h4-6,9-11,13H,3,7-8,17H2,1-2H3/t9-,10+,11+,13+/m0/s1. The molecule has 20 heavy (non-hydrogen) atoms. The Bertz CT molecular complexity index is 481. The van der Waals surface area contributed by atoms with Gasteiger partial charge in [0, 0.05) is 18.2 Å². The lowest BCUT2D eigenvalue weighted by Gasteiger charge is -2.17. The SMILES string of the molecule is CC[C@H](C)[C@H](N)COC(=O)[C@@H]1C[C@H]1c1ncccc1F. The maximum atomic E-state index is 13.5. The molecule has 1 aromatic heterocycles. The molecule has 0 saturated heterocycles. The molecule has 0 spiro atoms. The summed E-state index contributed by atoms with van der Waals surface area (Å²) in [5.41, 5.74) is 6.28. The molecule has 0 radical (unpaired) electrons. The number of hydrogen-bond donors (Lipinski definition) is 1. The van der Waals surface area contributed by atoms with Crippen molar-refractivity contribution < 1.29 is 13.9 Å². The first-order valence-electron chi connectivity index (χ1n) is 7.07. The van der Waals surface area contributed by atoms with E-state index < -0.39 is 0 Å². The van der Waals surface area contributed by atoms with Gasteiger partial charge in [0.2, 0.25) is 0 Å². The third kappa shape index (κ3) is 3.33. The van der Waals surface area contributed by atoms with Crippen molar-refractivity contribution >= 4 is 5.97 Å². The molecular formula is C15H21FN2O2. The summed E-state index contributed by atoms with van der Waals surface area (Å²) < 4.78 is 18.8. The van der Waals surface area contributed by atoms with Gasteiger partial charge >= 0.3 is 5.97 Å². The highest BCUT2D eigenvalue weighted by Crippen LogP contribution is 2.48. The summed E-state index contributed by atoms with van der Waals surface area (Å²) in [4.78, 5) is 15.9. The number of carbonyl (C=O) groups is 1. The van der Waals surface area contributed by atoms with Crippen LogP contribution < -0.4 is 5.73 Å². The Morgan fingerprint density at radius 3 is 3.05 bits per heavy atom. The number of rotatable bonds is 6. The van der Waals surface area contributed by atoms with Crippen LogP contribution in [0.4, 0.5) is 4.39 Å². The first-order chi connectivity index (χ1) is 9.54. The van der Waals surface area contributed by atoms with E-state index in [4.69, 9.17) is 10.5 Å². The summed E-state index contributed by atoms with van der Waals surface area (Å²) in [6.45, 7) is 4.30. The lowest BCUT2D eigenvalue weighted by Crippen LogP contribution is -2.34. The fourth-order valence-corrected chi connectivity index (χ4v) is 2.18. The van der Waals surface area contributed by atoms with Gasteiger partial charge in [0.25, 0.3) is 0 Å². The van der Waals surface area contributed by atoms with Gasteiger partial charge in [0.1, 0.15) is 12.4 Å². The third-order valence-corrected chi connectivity index (χ3v) is 4.02. The monoisotopic (exact) mass is 280 g/mol. The second kappa shape index (κ2) is 6.31. The van der Waals surface area contributed by atoms with E-state index in [2.05, 4.69) is 4.98 Å². The molecule has 2 rings (SSSR count). The van der Waals surface area contributed by atoms with Crippen molar-refractivity contribution in [3.63, 3.8) is 0 Å². The number of carbonyl (C=O) groups excluding carboxylic acids is 1. The number of nitrogens with zero attached hydrogens (tertiary/aromatic N) is 1. The molecule has 1 aliphatic rings. The average molecular weight is 280 g/mol. The van der Waals surface area contributed by atoms with Crippen molar-refractivity contribution in [3.05, 3.63) is 29.8 Å². The van der Waals surface area contributed by atoms with E-state index in [9.17, 15) is 9.18 Å².